The van der Waals surface area contributed by atoms with Crippen molar-refractivity contribution in [2.45, 2.75) is 58.3 Å². The molecule has 1 aliphatic rings. The van der Waals surface area contributed by atoms with Gasteiger partial charge in [0.25, 0.3) is 0 Å². The quantitative estimate of drug-likeness (QED) is 0.582. The summed E-state index contributed by atoms with van der Waals surface area (Å²) in [6, 6.07) is 9.15. The molecule has 0 aliphatic heterocycles. The maximum absolute atomic E-state index is 2.33. The van der Waals surface area contributed by atoms with Gasteiger partial charge in [0, 0.05) is 0 Å². The molecule has 1 aromatic carbocycles. The largest absolute Gasteiger partial charge is 0.0654 e. The van der Waals surface area contributed by atoms with E-state index in [4.69, 9.17) is 0 Å². The summed E-state index contributed by atoms with van der Waals surface area (Å²) >= 11 is 0. The van der Waals surface area contributed by atoms with Gasteiger partial charge in [0.2, 0.25) is 0 Å². The highest BCUT2D eigenvalue weighted by Gasteiger charge is 2.37. The molecular formula is C16H24. The molecule has 0 aromatic heterocycles. The predicted octanol–water partition coefficient (Wildman–Crippen LogP) is 5.07. The van der Waals surface area contributed by atoms with Crippen LogP contribution in [0.15, 0.2) is 24.3 Å². The summed E-state index contributed by atoms with van der Waals surface area (Å²) in [6.45, 7) is 4.45. The van der Waals surface area contributed by atoms with Crippen LogP contribution >= 0.6 is 0 Å². The second kappa shape index (κ2) is 5.52. The van der Waals surface area contributed by atoms with Crippen LogP contribution in [0.5, 0.6) is 0 Å². The summed E-state index contributed by atoms with van der Waals surface area (Å²) in [5.41, 5.74) is 2.95. The molecule has 0 heteroatoms. The van der Waals surface area contributed by atoms with Gasteiger partial charge < -0.3 is 0 Å². The van der Waals surface area contributed by atoms with Crippen LogP contribution in [0.2, 0.25) is 0 Å². The molecule has 1 fully saturated rings. The zero-order valence-electron chi connectivity index (χ0n) is 10.7. The number of hydrogen-bond donors (Lipinski definition) is 0. The van der Waals surface area contributed by atoms with Crippen LogP contribution in [0.25, 0.3) is 0 Å². The van der Waals surface area contributed by atoms with Gasteiger partial charge in [-0.2, -0.15) is 0 Å². The highest BCUT2D eigenvalue weighted by atomic mass is 14.4. The Morgan fingerprint density at radius 3 is 2.50 bits per heavy atom. The molecule has 0 nitrogen and oxygen atoms in total. The Kier molecular flexibility index (Phi) is 4.04. The minimum atomic E-state index is 0.891. The zero-order valence-corrected chi connectivity index (χ0v) is 10.7. The Morgan fingerprint density at radius 1 is 1.06 bits per heavy atom. The van der Waals surface area contributed by atoms with Crippen molar-refractivity contribution in [1.29, 1.82) is 0 Å². The average molecular weight is 216 g/mol. The first kappa shape index (κ1) is 11.7. The Morgan fingerprint density at radius 2 is 1.81 bits per heavy atom. The molecule has 0 N–H and O–H groups in total. The van der Waals surface area contributed by atoms with E-state index in [1.54, 1.807) is 5.56 Å². The number of rotatable bonds is 6. The summed E-state index contributed by atoms with van der Waals surface area (Å²) < 4.78 is 0. The van der Waals surface area contributed by atoms with Crippen molar-refractivity contribution in [3.63, 3.8) is 0 Å². The van der Waals surface area contributed by atoms with Gasteiger partial charge in [-0.1, -0.05) is 62.4 Å². The molecule has 1 aromatic rings. The van der Waals surface area contributed by atoms with E-state index in [2.05, 4.69) is 38.1 Å². The highest BCUT2D eigenvalue weighted by molar-refractivity contribution is 5.28. The van der Waals surface area contributed by atoms with Crippen molar-refractivity contribution in [2.24, 2.45) is 5.92 Å². The summed E-state index contributed by atoms with van der Waals surface area (Å²) in [7, 11) is 0. The van der Waals surface area contributed by atoms with E-state index < -0.39 is 0 Å². The normalized spacial score (nSPS) is 23.4. The van der Waals surface area contributed by atoms with Crippen LogP contribution < -0.4 is 0 Å². The Labute approximate surface area is 100 Å². The smallest absolute Gasteiger partial charge is 0.0131 e. The van der Waals surface area contributed by atoms with Gasteiger partial charge >= 0.3 is 0 Å². The fourth-order valence-electron chi connectivity index (χ4n) is 2.62. The third kappa shape index (κ3) is 3.10. The topological polar surface area (TPSA) is 0 Å². The lowest BCUT2D eigenvalue weighted by atomic mass is 10.0. The first-order valence-electron chi connectivity index (χ1n) is 6.88. The number of benzene rings is 1. The van der Waals surface area contributed by atoms with E-state index >= 15 is 0 Å². The molecule has 0 bridgehead atoms. The molecule has 1 saturated carbocycles. The fourth-order valence-corrected chi connectivity index (χ4v) is 2.62. The van der Waals surface area contributed by atoms with E-state index in [0.717, 1.165) is 11.8 Å². The van der Waals surface area contributed by atoms with E-state index in [9.17, 15) is 0 Å². The van der Waals surface area contributed by atoms with Crippen molar-refractivity contribution in [2.75, 3.05) is 0 Å². The first-order chi connectivity index (χ1) is 7.81. The Balaban J connectivity index is 1.72. The molecule has 0 heterocycles. The number of unbranched alkanes of at least 4 members (excludes halogenated alkanes) is 3. The Hall–Kier alpha value is -0.780. The third-order valence-corrected chi connectivity index (χ3v) is 3.86. The fraction of sp³-hybridized carbons (Fsp3) is 0.625. The van der Waals surface area contributed by atoms with Gasteiger partial charge in [-0.05, 0) is 37.2 Å². The minimum Gasteiger partial charge on any atom is -0.0654 e. The van der Waals surface area contributed by atoms with Crippen LogP contribution in [0.1, 0.15) is 62.5 Å². The lowest BCUT2D eigenvalue weighted by Gasteiger charge is -2.01. The molecule has 2 rings (SSSR count). The van der Waals surface area contributed by atoms with Crippen molar-refractivity contribution < 1.29 is 0 Å². The number of hydrogen-bond acceptors (Lipinski definition) is 0. The number of aryl methyl sites for hydroxylation is 1. The molecule has 0 radical (unpaired) electrons. The minimum absolute atomic E-state index is 0.891. The summed E-state index contributed by atoms with van der Waals surface area (Å²) in [5.74, 6) is 1.89. The molecule has 0 spiro atoms. The van der Waals surface area contributed by atoms with E-state index in [-0.39, 0.29) is 0 Å². The monoisotopic (exact) mass is 216 g/mol. The van der Waals surface area contributed by atoms with Crippen LogP contribution in [-0.2, 0) is 0 Å². The van der Waals surface area contributed by atoms with Gasteiger partial charge in [0.05, 0.1) is 0 Å². The predicted molar refractivity (Wildman–Crippen MR) is 70.8 cm³/mol. The zero-order chi connectivity index (χ0) is 11.4. The van der Waals surface area contributed by atoms with Gasteiger partial charge in [0.15, 0.2) is 0 Å². The Bertz CT molecular complexity index is 309. The highest BCUT2D eigenvalue weighted by Crippen LogP contribution is 2.50. The molecule has 2 atom stereocenters. The van der Waals surface area contributed by atoms with Gasteiger partial charge in [-0.15, -0.1) is 0 Å². The summed E-state index contributed by atoms with van der Waals surface area (Å²) in [6.07, 6.45) is 8.55. The standard InChI is InChI=1S/C16H24/c1-3-4-5-6-7-15-12-16(15)14-10-8-13(2)9-11-14/h8-11,15-16H,3-7,12H2,1-2H3/t15-,16+/m1/s1. The van der Waals surface area contributed by atoms with Crippen molar-refractivity contribution in [3.8, 4) is 0 Å². The summed E-state index contributed by atoms with van der Waals surface area (Å²) in [5, 5.41) is 0. The first-order valence-corrected chi connectivity index (χ1v) is 6.88. The van der Waals surface area contributed by atoms with E-state index in [1.165, 1.54) is 44.1 Å². The van der Waals surface area contributed by atoms with Gasteiger partial charge in [-0.3, -0.25) is 0 Å². The van der Waals surface area contributed by atoms with E-state index in [1.807, 2.05) is 0 Å². The molecule has 0 saturated heterocycles. The SMILES string of the molecule is CCCCCC[C@@H]1C[C@H]1c1ccc(C)cc1. The lowest BCUT2D eigenvalue weighted by molar-refractivity contribution is 0.589. The van der Waals surface area contributed by atoms with Crippen molar-refractivity contribution in [3.05, 3.63) is 35.4 Å². The maximum atomic E-state index is 2.33. The van der Waals surface area contributed by atoms with E-state index in [0.29, 0.717) is 0 Å². The molecular weight excluding hydrogens is 192 g/mol. The maximum Gasteiger partial charge on any atom is -0.0131 e. The van der Waals surface area contributed by atoms with Crippen molar-refractivity contribution >= 4 is 0 Å². The van der Waals surface area contributed by atoms with Crippen LogP contribution in [0.3, 0.4) is 0 Å². The molecule has 1 aliphatic carbocycles. The van der Waals surface area contributed by atoms with Gasteiger partial charge in [0.1, 0.15) is 0 Å². The molecule has 0 amide bonds. The van der Waals surface area contributed by atoms with Gasteiger partial charge in [-0.25, -0.2) is 0 Å². The van der Waals surface area contributed by atoms with Crippen LogP contribution in [-0.4, -0.2) is 0 Å². The lowest BCUT2D eigenvalue weighted by Crippen LogP contribution is -1.85. The average Bonchev–Trinajstić information content (AvgIpc) is 3.05. The second-order valence-corrected chi connectivity index (χ2v) is 5.36. The van der Waals surface area contributed by atoms with Crippen LogP contribution in [0, 0.1) is 12.8 Å². The second-order valence-electron chi connectivity index (χ2n) is 5.36. The molecule has 16 heavy (non-hydrogen) atoms. The molecule has 88 valence electrons. The third-order valence-electron chi connectivity index (χ3n) is 3.86. The molecule has 0 unspecified atom stereocenters. The van der Waals surface area contributed by atoms with Crippen molar-refractivity contribution in [1.82, 2.24) is 0 Å². The van der Waals surface area contributed by atoms with Crippen LogP contribution in [0.4, 0.5) is 0 Å². The summed E-state index contributed by atoms with van der Waals surface area (Å²) in [4.78, 5) is 0.